The van der Waals surface area contributed by atoms with Gasteiger partial charge in [0.1, 0.15) is 0 Å². The summed E-state index contributed by atoms with van der Waals surface area (Å²) in [6.45, 7) is 9.40. The predicted octanol–water partition coefficient (Wildman–Crippen LogP) is 9.50. The van der Waals surface area contributed by atoms with E-state index in [0.29, 0.717) is 11.8 Å². The molecular weight excluding hydrogens is 360 g/mol. The van der Waals surface area contributed by atoms with E-state index in [-0.39, 0.29) is 0 Å². The average Bonchev–Trinajstić information content (AvgIpc) is 2.79. The van der Waals surface area contributed by atoms with E-state index in [1.54, 1.807) is 0 Å². The van der Waals surface area contributed by atoms with Gasteiger partial charge in [0.15, 0.2) is 0 Å². The summed E-state index contributed by atoms with van der Waals surface area (Å²) in [6.07, 6.45) is 13.8. The lowest BCUT2D eigenvalue weighted by Crippen LogP contribution is -2.10. The van der Waals surface area contributed by atoms with Gasteiger partial charge in [-0.05, 0) is 88.8 Å². The average molecular weight is 402 g/mol. The molecule has 161 valence electrons. The Hall–Kier alpha value is -1.56. The molecule has 2 saturated carbocycles. The Morgan fingerprint density at radius 1 is 0.667 bits per heavy atom. The molecule has 2 aromatic carbocycles. The molecule has 0 unspecified atom stereocenters. The summed E-state index contributed by atoms with van der Waals surface area (Å²) >= 11 is 0. The first-order chi connectivity index (χ1) is 14.5. The Bertz CT molecular complexity index is 767. The molecule has 0 atom stereocenters. The molecule has 0 spiro atoms. The Morgan fingerprint density at radius 2 is 1.10 bits per heavy atom. The van der Waals surface area contributed by atoms with Gasteiger partial charge in [0.2, 0.25) is 0 Å². The SMILES string of the molecule is CC(C)c1cccc(C(C)C)c1-c1cc(C2CCCCC2)[c]c(C2CCCCC2)c1. The van der Waals surface area contributed by atoms with Gasteiger partial charge in [0.25, 0.3) is 0 Å². The lowest BCUT2D eigenvalue weighted by Gasteiger charge is -2.28. The first-order valence-corrected chi connectivity index (χ1v) is 12.7. The highest BCUT2D eigenvalue weighted by Gasteiger charge is 2.23. The van der Waals surface area contributed by atoms with E-state index in [4.69, 9.17) is 0 Å². The van der Waals surface area contributed by atoms with Crippen molar-refractivity contribution in [2.75, 3.05) is 0 Å². The normalized spacial score (nSPS) is 19.0. The van der Waals surface area contributed by atoms with Crippen molar-refractivity contribution < 1.29 is 0 Å². The first kappa shape index (κ1) is 21.7. The third kappa shape index (κ3) is 4.68. The van der Waals surface area contributed by atoms with Crippen molar-refractivity contribution in [2.45, 2.75) is 116 Å². The zero-order valence-corrected chi connectivity index (χ0v) is 19.8. The highest BCUT2D eigenvalue weighted by atomic mass is 14.3. The Labute approximate surface area is 185 Å². The van der Waals surface area contributed by atoms with Gasteiger partial charge in [-0.25, -0.2) is 0 Å². The Kier molecular flexibility index (Phi) is 7.01. The fourth-order valence-corrected chi connectivity index (χ4v) is 5.91. The van der Waals surface area contributed by atoms with Crippen LogP contribution in [0.3, 0.4) is 0 Å². The lowest BCUT2D eigenvalue weighted by molar-refractivity contribution is 0.435. The van der Waals surface area contributed by atoms with Gasteiger partial charge in [-0.1, -0.05) is 96.6 Å². The van der Waals surface area contributed by atoms with Gasteiger partial charge >= 0.3 is 0 Å². The van der Waals surface area contributed by atoms with Gasteiger partial charge < -0.3 is 0 Å². The van der Waals surface area contributed by atoms with E-state index >= 15 is 0 Å². The van der Waals surface area contributed by atoms with Crippen LogP contribution in [-0.2, 0) is 0 Å². The first-order valence-electron chi connectivity index (χ1n) is 12.7. The van der Waals surface area contributed by atoms with Crippen LogP contribution in [0.15, 0.2) is 30.3 Å². The molecule has 0 aliphatic heterocycles. The van der Waals surface area contributed by atoms with Gasteiger partial charge in [-0.3, -0.25) is 0 Å². The number of rotatable bonds is 5. The van der Waals surface area contributed by atoms with Gasteiger partial charge in [0, 0.05) is 0 Å². The van der Waals surface area contributed by atoms with Crippen molar-refractivity contribution >= 4 is 0 Å². The third-order valence-electron chi connectivity index (χ3n) is 7.66. The number of hydrogen-bond donors (Lipinski definition) is 0. The summed E-state index contributed by atoms with van der Waals surface area (Å²) in [5.41, 5.74) is 9.05. The maximum Gasteiger partial charge on any atom is -0.0108 e. The maximum absolute atomic E-state index is 3.99. The molecule has 30 heavy (non-hydrogen) atoms. The zero-order valence-electron chi connectivity index (χ0n) is 19.8. The van der Waals surface area contributed by atoms with Crippen LogP contribution >= 0.6 is 0 Å². The van der Waals surface area contributed by atoms with E-state index in [1.807, 2.05) is 0 Å². The van der Waals surface area contributed by atoms with E-state index in [1.165, 1.54) is 97.6 Å². The highest BCUT2D eigenvalue weighted by molar-refractivity contribution is 5.74. The van der Waals surface area contributed by atoms with Crippen LogP contribution in [0.25, 0.3) is 11.1 Å². The minimum absolute atomic E-state index is 0.541. The van der Waals surface area contributed by atoms with Crippen LogP contribution in [0.1, 0.15) is 138 Å². The molecule has 0 heteroatoms. The molecular formula is C30H41. The fourth-order valence-electron chi connectivity index (χ4n) is 5.91. The van der Waals surface area contributed by atoms with Crippen LogP contribution in [-0.4, -0.2) is 0 Å². The molecule has 0 heterocycles. The Balaban J connectivity index is 1.86. The van der Waals surface area contributed by atoms with E-state index in [0.717, 1.165) is 11.8 Å². The van der Waals surface area contributed by atoms with Crippen LogP contribution in [0.5, 0.6) is 0 Å². The second-order valence-corrected chi connectivity index (χ2v) is 10.6. The molecule has 0 saturated heterocycles. The van der Waals surface area contributed by atoms with Crippen molar-refractivity contribution in [1.82, 2.24) is 0 Å². The molecule has 2 fully saturated rings. The van der Waals surface area contributed by atoms with Crippen molar-refractivity contribution in [2.24, 2.45) is 0 Å². The van der Waals surface area contributed by atoms with Gasteiger partial charge in [-0.2, -0.15) is 0 Å². The summed E-state index contributed by atoms with van der Waals surface area (Å²) in [5.74, 6) is 2.52. The van der Waals surface area contributed by atoms with Gasteiger partial charge in [-0.15, -0.1) is 0 Å². The zero-order chi connectivity index (χ0) is 21.1. The largest absolute Gasteiger partial charge is 0.0617 e. The van der Waals surface area contributed by atoms with E-state index < -0.39 is 0 Å². The molecule has 2 aliphatic rings. The predicted molar refractivity (Wildman–Crippen MR) is 131 cm³/mol. The highest BCUT2D eigenvalue weighted by Crippen LogP contribution is 2.42. The van der Waals surface area contributed by atoms with Gasteiger partial charge in [0.05, 0.1) is 0 Å². The third-order valence-corrected chi connectivity index (χ3v) is 7.66. The summed E-state index contributed by atoms with van der Waals surface area (Å²) in [7, 11) is 0. The number of hydrogen-bond acceptors (Lipinski definition) is 0. The van der Waals surface area contributed by atoms with Crippen molar-refractivity contribution in [1.29, 1.82) is 0 Å². The molecule has 4 rings (SSSR count). The van der Waals surface area contributed by atoms with Crippen LogP contribution in [0, 0.1) is 6.07 Å². The molecule has 2 aromatic rings. The molecule has 2 aliphatic carbocycles. The summed E-state index contributed by atoms with van der Waals surface area (Å²) in [4.78, 5) is 0. The quantitative estimate of drug-likeness (QED) is 0.468. The lowest BCUT2D eigenvalue weighted by atomic mass is 9.77. The smallest absolute Gasteiger partial charge is 0.0108 e. The van der Waals surface area contributed by atoms with Crippen molar-refractivity contribution in [3.63, 3.8) is 0 Å². The van der Waals surface area contributed by atoms with E-state index in [2.05, 4.69) is 64.1 Å². The minimum atomic E-state index is 0.541. The number of benzene rings is 2. The van der Waals surface area contributed by atoms with Crippen LogP contribution < -0.4 is 0 Å². The molecule has 0 N–H and O–H groups in total. The summed E-state index contributed by atoms with van der Waals surface area (Å²) in [6, 6.07) is 16.1. The monoisotopic (exact) mass is 401 g/mol. The summed E-state index contributed by atoms with van der Waals surface area (Å²) in [5, 5.41) is 0. The van der Waals surface area contributed by atoms with Crippen LogP contribution in [0.2, 0.25) is 0 Å². The Morgan fingerprint density at radius 3 is 1.50 bits per heavy atom. The van der Waals surface area contributed by atoms with Crippen LogP contribution in [0.4, 0.5) is 0 Å². The summed E-state index contributed by atoms with van der Waals surface area (Å²) < 4.78 is 0. The standard InChI is InChI=1S/C30H41/c1-21(2)28-16-11-17-29(22(3)4)30(28)27-19-25(23-12-7-5-8-13-23)18-26(20-27)24-14-9-6-10-15-24/h11,16-17,19-24H,5-10,12-15H2,1-4H3. The minimum Gasteiger partial charge on any atom is -0.0617 e. The fraction of sp³-hybridized carbons (Fsp3) is 0.600. The second kappa shape index (κ2) is 9.71. The van der Waals surface area contributed by atoms with E-state index in [9.17, 15) is 0 Å². The van der Waals surface area contributed by atoms with Crippen molar-refractivity contribution in [3.05, 3.63) is 58.7 Å². The molecule has 1 radical (unpaired) electrons. The molecule has 0 aromatic heterocycles. The molecule has 0 amide bonds. The molecule has 0 nitrogen and oxygen atoms in total. The maximum atomic E-state index is 3.99. The topological polar surface area (TPSA) is 0 Å². The molecule has 0 bridgehead atoms. The van der Waals surface area contributed by atoms with Crippen molar-refractivity contribution in [3.8, 4) is 11.1 Å². The second-order valence-electron chi connectivity index (χ2n) is 10.6.